The molecule has 0 heterocycles. The van der Waals surface area contributed by atoms with E-state index in [1.54, 1.807) is 11.1 Å². The first-order valence-electron chi connectivity index (χ1n) is 9.52. The Bertz CT molecular complexity index is 779. The molecule has 1 aliphatic rings. The van der Waals surface area contributed by atoms with E-state index in [-0.39, 0.29) is 5.54 Å². The SMILES string of the molecule is CC1=C(C)[CH]([Ti]([CH3])([CH3])([CH3])([CH3])([SiH3])[NH]C(C)(C)C)c2cc(C)cc(C)c21. The molecular formula is C21H40NSiTi. The monoisotopic (exact) mass is 382 g/mol. The first-order valence-corrected chi connectivity index (χ1v) is 23.1. The fourth-order valence-electron chi connectivity index (χ4n) is 6.60. The van der Waals surface area contributed by atoms with E-state index in [2.05, 4.69) is 85.3 Å². The predicted octanol–water partition coefficient (Wildman–Crippen LogP) is 5.69. The zero-order valence-corrected chi connectivity index (χ0v) is 21.8. The molecule has 0 aliphatic heterocycles. The molecule has 1 nitrogen and oxygen atoms in total. The fraction of sp³-hybridized carbons (Fsp3) is 0.619. The van der Waals surface area contributed by atoms with E-state index in [1.807, 2.05) is 0 Å². The second kappa shape index (κ2) is 4.22. The van der Waals surface area contributed by atoms with Crippen molar-refractivity contribution in [1.29, 1.82) is 0 Å². The van der Waals surface area contributed by atoms with Gasteiger partial charge in [-0.15, -0.1) is 0 Å². The molecule has 0 spiro atoms. The average Bonchev–Trinajstić information content (AvgIpc) is 2.45. The molecule has 1 unspecified atom stereocenters. The Labute approximate surface area is 148 Å². The summed E-state index contributed by atoms with van der Waals surface area (Å²) in [5.41, 5.74) is 9.15. The zero-order valence-electron chi connectivity index (χ0n) is 18.2. The van der Waals surface area contributed by atoms with Crippen LogP contribution in [0.15, 0.2) is 17.7 Å². The van der Waals surface area contributed by atoms with Gasteiger partial charge in [-0.3, -0.25) is 0 Å². The molecule has 2 rings (SSSR count). The first kappa shape index (κ1) is 20.2. The molecular weight excluding hydrogens is 342 g/mol. The van der Waals surface area contributed by atoms with Crippen molar-refractivity contribution in [3.05, 3.63) is 40.0 Å². The first-order chi connectivity index (χ1) is 10.2. The maximum absolute atomic E-state index is 4.30. The van der Waals surface area contributed by atoms with E-state index < -0.39 is 12.3 Å². The third-order valence-electron chi connectivity index (χ3n) is 5.88. The van der Waals surface area contributed by atoms with Gasteiger partial charge in [0.2, 0.25) is 0 Å². The summed E-state index contributed by atoms with van der Waals surface area (Å²) in [7, 11) is 1.18. The van der Waals surface area contributed by atoms with Crippen LogP contribution in [0.1, 0.15) is 61.1 Å². The second-order valence-corrected chi connectivity index (χ2v) is 61.2. The Hall–Kier alpha value is -0.149. The number of benzene rings is 1. The number of nitrogens with one attached hydrogen (secondary N) is 1. The van der Waals surface area contributed by atoms with Crippen LogP contribution in [-0.2, 0) is 12.3 Å². The van der Waals surface area contributed by atoms with E-state index in [9.17, 15) is 0 Å². The van der Waals surface area contributed by atoms with Crippen LogP contribution in [0, 0.1) is 13.8 Å². The standard InChI is InChI=1S/C13H15.C4H10N.4CH3.H3Si.Ti/c1-8-5-10(3)13-11(4)9(2)7-12(13)6-8;1-4(2,3)5;;;;;;/h5-7H,1-4H3;5H,1-3H3;5*1H3;/q;-1;;;;;;+1. The Morgan fingerprint density at radius 2 is 1.46 bits per heavy atom. The van der Waals surface area contributed by atoms with Gasteiger partial charge in [-0.05, 0) is 0 Å². The summed E-state index contributed by atoms with van der Waals surface area (Å²) in [5.74, 6) is 0. The van der Waals surface area contributed by atoms with Crippen LogP contribution >= 0.6 is 0 Å². The summed E-state index contributed by atoms with van der Waals surface area (Å²) in [6, 6.07) is 4.82. The topological polar surface area (TPSA) is 12.0 Å². The van der Waals surface area contributed by atoms with Crippen molar-refractivity contribution in [3.8, 4) is 0 Å². The summed E-state index contributed by atoms with van der Waals surface area (Å²) in [6.45, 7) is 16.2. The van der Waals surface area contributed by atoms with Crippen LogP contribution < -0.4 is 3.80 Å². The molecule has 1 aromatic rings. The molecule has 137 valence electrons. The molecule has 0 amide bonds. The average molecular weight is 383 g/mol. The van der Waals surface area contributed by atoms with Crippen molar-refractivity contribution in [2.24, 2.45) is 0 Å². The minimum absolute atomic E-state index is 0.112. The second-order valence-electron chi connectivity index (χ2n) is 14.5. The molecule has 1 aliphatic carbocycles. The molecule has 1 N–H and O–H groups in total. The molecule has 1 aromatic carbocycles. The zero-order chi connectivity index (χ0) is 19.0. The van der Waals surface area contributed by atoms with Crippen molar-refractivity contribution >= 4 is 13.7 Å². The van der Waals surface area contributed by atoms with Gasteiger partial charge in [0.25, 0.3) is 0 Å². The normalized spacial score (nSPS) is 23.5. The van der Waals surface area contributed by atoms with E-state index in [4.69, 9.17) is 0 Å². The van der Waals surface area contributed by atoms with Crippen LogP contribution in [0.2, 0.25) is 20.9 Å². The third-order valence-corrected chi connectivity index (χ3v) is 18.8. The van der Waals surface area contributed by atoms with Gasteiger partial charge >= 0.3 is 149 Å². The Balaban J connectivity index is 2.93. The molecule has 0 radical (unpaired) electrons. The van der Waals surface area contributed by atoms with Crippen molar-refractivity contribution in [1.82, 2.24) is 3.80 Å². The van der Waals surface area contributed by atoms with Crippen molar-refractivity contribution < 1.29 is 12.3 Å². The van der Waals surface area contributed by atoms with Crippen molar-refractivity contribution in [2.75, 3.05) is 0 Å². The van der Waals surface area contributed by atoms with Gasteiger partial charge in [-0.1, -0.05) is 0 Å². The van der Waals surface area contributed by atoms with E-state index in [0.717, 1.165) is 0 Å². The molecule has 3 heteroatoms. The van der Waals surface area contributed by atoms with Crippen molar-refractivity contribution in [2.45, 2.75) is 79.1 Å². The van der Waals surface area contributed by atoms with Gasteiger partial charge in [-0.2, -0.15) is 0 Å². The molecule has 24 heavy (non-hydrogen) atoms. The molecule has 0 saturated heterocycles. The summed E-state index contributed by atoms with van der Waals surface area (Å²) in [6.07, 6.45) is 0. The molecule has 0 aromatic heterocycles. The summed E-state index contributed by atoms with van der Waals surface area (Å²) < 4.78 is 4.83. The van der Waals surface area contributed by atoms with Crippen LogP contribution in [0.4, 0.5) is 0 Å². The summed E-state index contributed by atoms with van der Waals surface area (Å²) in [4.78, 5) is 0. The van der Waals surface area contributed by atoms with Crippen LogP contribution in [0.5, 0.6) is 0 Å². The summed E-state index contributed by atoms with van der Waals surface area (Å²) >= 11 is -3.98. The van der Waals surface area contributed by atoms with Gasteiger partial charge in [0.15, 0.2) is 0 Å². The molecule has 0 saturated carbocycles. The Morgan fingerprint density at radius 1 is 0.958 bits per heavy atom. The fourth-order valence-corrected chi connectivity index (χ4v) is 26.6. The van der Waals surface area contributed by atoms with Gasteiger partial charge in [0.1, 0.15) is 0 Å². The number of hydrogen-bond acceptors (Lipinski definition) is 1. The quantitative estimate of drug-likeness (QED) is 0.648. The predicted molar refractivity (Wildman–Crippen MR) is 113 cm³/mol. The van der Waals surface area contributed by atoms with Crippen LogP contribution in [0.25, 0.3) is 5.57 Å². The van der Waals surface area contributed by atoms with Gasteiger partial charge in [0.05, 0.1) is 0 Å². The van der Waals surface area contributed by atoms with Crippen LogP contribution in [-0.4, -0.2) is 13.6 Å². The van der Waals surface area contributed by atoms with E-state index >= 15 is 0 Å². The molecule has 1 atom stereocenters. The third kappa shape index (κ3) is 3.40. The van der Waals surface area contributed by atoms with Gasteiger partial charge < -0.3 is 0 Å². The Morgan fingerprint density at radius 3 is 1.92 bits per heavy atom. The number of hydrogen-bond donors (Lipinski definition) is 1. The van der Waals surface area contributed by atoms with E-state index in [0.29, 0.717) is 4.22 Å². The van der Waals surface area contributed by atoms with E-state index in [1.165, 1.54) is 30.4 Å². The number of allylic oxidation sites excluding steroid dienone is 2. The summed E-state index contributed by atoms with van der Waals surface area (Å²) in [5, 5.41) is 10.6. The number of fused-ring (bicyclic) bond motifs is 1. The number of aryl methyl sites for hydroxylation is 2. The maximum atomic E-state index is 4.30. The number of rotatable bonds is 2. The Kier molecular flexibility index (Phi) is 3.55. The molecule has 0 fully saturated rings. The van der Waals surface area contributed by atoms with Gasteiger partial charge in [0, 0.05) is 0 Å². The van der Waals surface area contributed by atoms with Crippen molar-refractivity contribution in [3.63, 3.8) is 0 Å². The van der Waals surface area contributed by atoms with Crippen LogP contribution in [0.3, 0.4) is 0 Å². The van der Waals surface area contributed by atoms with Gasteiger partial charge in [-0.25, -0.2) is 0 Å². The minimum atomic E-state index is -3.98. The molecule has 0 bridgehead atoms.